The maximum Gasteiger partial charge on any atom is 0.320 e. The number of amides is 2. The monoisotopic (exact) mass is 518 g/mol. The van der Waals surface area contributed by atoms with Crippen LogP contribution >= 0.6 is 0 Å². The van der Waals surface area contributed by atoms with E-state index in [2.05, 4.69) is 9.97 Å². The zero-order valence-corrected chi connectivity index (χ0v) is 20.5. The highest BCUT2D eigenvalue weighted by atomic mass is 19.3. The van der Waals surface area contributed by atoms with E-state index in [1.54, 1.807) is 4.90 Å². The Morgan fingerprint density at radius 1 is 1.03 bits per heavy atom. The number of rotatable bonds is 2. The highest BCUT2D eigenvalue weighted by Crippen LogP contribution is 2.40. The molecule has 0 unspecified atom stereocenters. The van der Waals surface area contributed by atoms with Crippen molar-refractivity contribution in [3.63, 3.8) is 0 Å². The van der Waals surface area contributed by atoms with Gasteiger partial charge in [-0.2, -0.15) is 0 Å². The molecule has 1 N–H and O–H groups in total. The Labute approximate surface area is 216 Å². The number of likely N-dealkylation sites (tertiary alicyclic amines) is 1. The van der Waals surface area contributed by atoms with Crippen LogP contribution in [-0.4, -0.2) is 60.3 Å². The van der Waals surface area contributed by atoms with E-state index in [9.17, 15) is 18.0 Å². The zero-order valence-electron chi connectivity index (χ0n) is 20.5. The van der Waals surface area contributed by atoms with Crippen LogP contribution in [0.5, 0.6) is 0 Å². The minimum absolute atomic E-state index is 0.159. The average molecular weight is 519 g/mol. The molecule has 0 radical (unpaired) electrons. The molecule has 38 heavy (non-hydrogen) atoms. The highest BCUT2D eigenvalue weighted by Gasteiger charge is 2.38. The minimum Gasteiger partial charge on any atom is -0.366 e. The number of nitrogens with zero attached hydrogens (tertiary/aromatic N) is 5. The van der Waals surface area contributed by atoms with Gasteiger partial charge in [0.15, 0.2) is 0 Å². The number of hydrogen-bond acceptors (Lipinski definition) is 2. The van der Waals surface area contributed by atoms with Crippen LogP contribution < -0.4 is 0 Å². The summed E-state index contributed by atoms with van der Waals surface area (Å²) < 4.78 is 47.0. The molecule has 0 aliphatic carbocycles. The third-order valence-electron chi connectivity index (χ3n) is 7.65. The molecule has 5 aromatic rings. The first-order chi connectivity index (χ1) is 18.4. The summed E-state index contributed by atoms with van der Waals surface area (Å²) in [6, 6.07) is 8.37. The van der Waals surface area contributed by atoms with Gasteiger partial charge in [0.25, 0.3) is 5.92 Å². The normalized spacial score (nSPS) is 17.3. The quantitative estimate of drug-likeness (QED) is 0.323. The molecular formula is C28H25F3N6O. The molecule has 0 spiro atoms. The standard InChI is InChI=1S/C28H25F3N6O/c29-19-10-18-15-35(27(38)36-6-3-5-28(30,31)17-36)9-8-34-16-23(20(11-19)26(18)34)21-12-32-13-22(21)24-14-33-25-4-1-2-7-37(24)25/h1-2,4,7,10-14,16,32H,3,5-6,8-9,15,17H2. The summed E-state index contributed by atoms with van der Waals surface area (Å²) in [6.45, 7) is 0.705. The van der Waals surface area contributed by atoms with Crippen molar-refractivity contribution in [1.29, 1.82) is 0 Å². The summed E-state index contributed by atoms with van der Waals surface area (Å²) in [5.74, 6) is -3.28. The fourth-order valence-electron chi connectivity index (χ4n) is 5.94. The molecule has 0 bridgehead atoms. The van der Waals surface area contributed by atoms with Gasteiger partial charge in [-0.25, -0.2) is 22.9 Å². The summed E-state index contributed by atoms with van der Waals surface area (Å²) in [4.78, 5) is 23.7. The fourth-order valence-corrected chi connectivity index (χ4v) is 5.94. The van der Waals surface area contributed by atoms with Crippen LogP contribution in [0, 0.1) is 5.82 Å². The Morgan fingerprint density at radius 2 is 1.89 bits per heavy atom. The molecule has 7 rings (SSSR count). The van der Waals surface area contributed by atoms with Crippen molar-refractivity contribution in [2.45, 2.75) is 31.9 Å². The number of pyridine rings is 1. The number of aromatic nitrogens is 4. The lowest BCUT2D eigenvalue weighted by Crippen LogP contribution is -2.51. The van der Waals surface area contributed by atoms with Crippen LogP contribution in [0.4, 0.5) is 18.0 Å². The first-order valence-corrected chi connectivity index (χ1v) is 12.7. The van der Waals surface area contributed by atoms with E-state index in [1.807, 2.05) is 58.2 Å². The number of hydrogen-bond donors (Lipinski definition) is 1. The van der Waals surface area contributed by atoms with Crippen molar-refractivity contribution in [1.82, 2.24) is 28.7 Å². The van der Waals surface area contributed by atoms with Gasteiger partial charge in [-0.1, -0.05) is 6.07 Å². The van der Waals surface area contributed by atoms with E-state index in [-0.39, 0.29) is 19.4 Å². The number of carbonyl (C=O) groups is 1. The number of aromatic amines is 1. The van der Waals surface area contributed by atoms with Crippen molar-refractivity contribution in [2.24, 2.45) is 0 Å². The molecule has 2 amide bonds. The first-order valence-electron chi connectivity index (χ1n) is 12.7. The summed E-state index contributed by atoms with van der Waals surface area (Å²) in [5, 5.41) is 0.744. The van der Waals surface area contributed by atoms with Crippen LogP contribution in [0.25, 0.3) is 38.9 Å². The highest BCUT2D eigenvalue weighted by molar-refractivity contribution is 6.01. The molecule has 2 aliphatic rings. The number of benzene rings is 1. The van der Waals surface area contributed by atoms with Crippen LogP contribution in [-0.2, 0) is 13.1 Å². The van der Waals surface area contributed by atoms with Crippen LogP contribution in [0.2, 0.25) is 0 Å². The number of nitrogens with one attached hydrogen (secondary N) is 1. The molecule has 6 heterocycles. The number of fused-ring (bicyclic) bond motifs is 1. The first kappa shape index (κ1) is 22.9. The van der Waals surface area contributed by atoms with Crippen molar-refractivity contribution < 1.29 is 18.0 Å². The van der Waals surface area contributed by atoms with Crippen LogP contribution in [0.3, 0.4) is 0 Å². The number of halogens is 3. The summed E-state index contributed by atoms with van der Waals surface area (Å²) in [5.41, 5.74) is 5.98. The van der Waals surface area contributed by atoms with Gasteiger partial charge in [0, 0.05) is 79.5 Å². The molecule has 0 saturated carbocycles. The molecule has 0 atom stereocenters. The van der Waals surface area contributed by atoms with E-state index >= 15 is 0 Å². The van der Waals surface area contributed by atoms with Gasteiger partial charge >= 0.3 is 6.03 Å². The molecule has 10 heteroatoms. The maximum atomic E-state index is 15.0. The summed E-state index contributed by atoms with van der Waals surface area (Å²) in [6.07, 6.45) is 9.65. The number of carbonyl (C=O) groups excluding carboxylic acids is 1. The van der Waals surface area contributed by atoms with E-state index in [0.717, 1.165) is 38.9 Å². The Bertz CT molecular complexity index is 1700. The molecule has 194 valence electrons. The summed E-state index contributed by atoms with van der Waals surface area (Å²) >= 11 is 0. The van der Waals surface area contributed by atoms with Gasteiger partial charge in [0.1, 0.15) is 11.5 Å². The van der Waals surface area contributed by atoms with E-state index in [0.29, 0.717) is 25.2 Å². The van der Waals surface area contributed by atoms with Crippen molar-refractivity contribution in [3.8, 4) is 22.4 Å². The van der Waals surface area contributed by atoms with Crippen molar-refractivity contribution >= 4 is 22.6 Å². The average Bonchev–Trinajstić information content (AvgIpc) is 3.59. The lowest BCUT2D eigenvalue weighted by Gasteiger charge is -2.36. The second kappa shape index (κ2) is 8.41. The zero-order chi connectivity index (χ0) is 26.0. The molecule has 1 saturated heterocycles. The molecule has 1 aromatic carbocycles. The number of alkyl halides is 2. The maximum absolute atomic E-state index is 15.0. The summed E-state index contributed by atoms with van der Waals surface area (Å²) in [7, 11) is 0. The third kappa shape index (κ3) is 3.66. The molecule has 7 nitrogen and oxygen atoms in total. The molecule has 1 fully saturated rings. The molecule has 2 aliphatic heterocycles. The minimum atomic E-state index is -2.87. The number of imidazole rings is 1. The Morgan fingerprint density at radius 3 is 2.76 bits per heavy atom. The topological polar surface area (TPSA) is 61.6 Å². The van der Waals surface area contributed by atoms with Gasteiger partial charge in [-0.3, -0.25) is 4.40 Å². The number of H-pyrrole nitrogens is 1. The number of urea groups is 1. The SMILES string of the molecule is O=C(N1CCn2cc(-c3c[nH]cc3-c3cnc4ccccn34)c3cc(F)cc(c32)C1)N1CCCC(F)(F)C1. The van der Waals surface area contributed by atoms with E-state index < -0.39 is 24.3 Å². The van der Waals surface area contributed by atoms with E-state index in [4.69, 9.17) is 0 Å². The fraction of sp³-hybridized carbons (Fsp3) is 0.286. The van der Waals surface area contributed by atoms with Crippen molar-refractivity contribution in [3.05, 3.63) is 72.7 Å². The van der Waals surface area contributed by atoms with E-state index in [1.165, 1.54) is 17.0 Å². The number of piperidine rings is 1. The Hall–Kier alpha value is -4.21. The van der Waals surface area contributed by atoms with Gasteiger partial charge < -0.3 is 19.4 Å². The smallest absolute Gasteiger partial charge is 0.320 e. The molecular weight excluding hydrogens is 493 g/mol. The Kier molecular flexibility index (Phi) is 5.08. The lowest BCUT2D eigenvalue weighted by atomic mass is 10.0. The van der Waals surface area contributed by atoms with Gasteiger partial charge in [0.05, 0.1) is 24.0 Å². The predicted molar refractivity (Wildman–Crippen MR) is 137 cm³/mol. The van der Waals surface area contributed by atoms with Gasteiger partial charge in [0.2, 0.25) is 0 Å². The van der Waals surface area contributed by atoms with Crippen LogP contribution in [0.1, 0.15) is 18.4 Å². The van der Waals surface area contributed by atoms with Gasteiger partial charge in [-0.05, 0) is 36.2 Å². The lowest BCUT2D eigenvalue weighted by molar-refractivity contribution is -0.0557. The van der Waals surface area contributed by atoms with Gasteiger partial charge in [-0.15, -0.1) is 0 Å². The van der Waals surface area contributed by atoms with Crippen molar-refractivity contribution in [2.75, 3.05) is 19.6 Å². The third-order valence-corrected chi connectivity index (χ3v) is 7.65. The predicted octanol–water partition coefficient (Wildman–Crippen LogP) is 5.76. The second-order valence-corrected chi connectivity index (χ2v) is 10.1. The largest absolute Gasteiger partial charge is 0.366 e. The van der Waals surface area contributed by atoms with Crippen LogP contribution in [0.15, 0.2) is 61.3 Å². The molecule has 4 aromatic heterocycles. The second-order valence-electron chi connectivity index (χ2n) is 10.1. The Balaban J connectivity index is 1.29.